The van der Waals surface area contributed by atoms with Crippen molar-refractivity contribution < 1.29 is 23.9 Å². The Hall–Kier alpha value is -3.52. The van der Waals surface area contributed by atoms with Gasteiger partial charge in [-0.05, 0) is 55.6 Å². The van der Waals surface area contributed by atoms with E-state index in [4.69, 9.17) is 4.74 Å². The molecule has 4 aliphatic rings. The smallest absolute Gasteiger partial charge is 0.308 e. The van der Waals surface area contributed by atoms with Gasteiger partial charge in [-0.2, -0.15) is 0 Å². The normalized spacial score (nSPS) is 29.4. The van der Waals surface area contributed by atoms with Crippen LogP contribution in [0.5, 0.6) is 5.75 Å². The molecule has 1 spiro atoms. The van der Waals surface area contributed by atoms with Gasteiger partial charge in [0.2, 0.25) is 17.7 Å². The standard InChI is InChI=1S/C26H25N3O5/c1-3-15-6-4-7-18-22(15)27-25(33)26(18)21-20(19-8-5-13-28(19)26)23(31)29(24(21)32)16-9-11-17(12-10-16)34-14(2)30/h4,6-7,9-12,19-21H,3,5,8,13H2,1-2H3,(H,27,33)/t19-,20+,21-,26+/m0/s1. The second-order valence-corrected chi connectivity index (χ2v) is 9.42. The molecule has 4 aliphatic heterocycles. The average molecular weight is 460 g/mol. The predicted molar refractivity (Wildman–Crippen MR) is 123 cm³/mol. The van der Waals surface area contributed by atoms with E-state index in [1.165, 1.54) is 11.8 Å². The van der Waals surface area contributed by atoms with Gasteiger partial charge < -0.3 is 10.1 Å². The van der Waals surface area contributed by atoms with Gasteiger partial charge in [0.05, 0.1) is 17.5 Å². The van der Waals surface area contributed by atoms with Gasteiger partial charge in [-0.15, -0.1) is 0 Å². The molecule has 0 aliphatic carbocycles. The summed E-state index contributed by atoms with van der Waals surface area (Å²) in [6.45, 7) is 4.02. The largest absolute Gasteiger partial charge is 0.427 e. The molecule has 8 nitrogen and oxygen atoms in total. The monoisotopic (exact) mass is 459 g/mol. The molecule has 2 aromatic rings. The van der Waals surface area contributed by atoms with Crippen molar-refractivity contribution in [1.82, 2.24) is 4.90 Å². The Morgan fingerprint density at radius 1 is 1.12 bits per heavy atom. The van der Waals surface area contributed by atoms with Crippen molar-refractivity contribution in [3.63, 3.8) is 0 Å². The van der Waals surface area contributed by atoms with Crippen molar-refractivity contribution in [3.8, 4) is 5.75 Å². The van der Waals surface area contributed by atoms with Crippen LogP contribution in [0, 0.1) is 11.8 Å². The van der Waals surface area contributed by atoms with Crippen molar-refractivity contribution in [2.24, 2.45) is 11.8 Å². The number of anilines is 2. The summed E-state index contributed by atoms with van der Waals surface area (Å²) in [7, 11) is 0. The summed E-state index contributed by atoms with van der Waals surface area (Å²) in [6, 6.07) is 12.0. The van der Waals surface area contributed by atoms with Crippen LogP contribution in [0.4, 0.5) is 11.4 Å². The van der Waals surface area contributed by atoms with Crippen LogP contribution in [0.25, 0.3) is 0 Å². The lowest BCUT2D eigenvalue weighted by atomic mass is 9.75. The minimum absolute atomic E-state index is 0.159. The van der Waals surface area contributed by atoms with Crippen molar-refractivity contribution in [2.75, 3.05) is 16.8 Å². The zero-order chi connectivity index (χ0) is 23.8. The SMILES string of the molecule is CCc1cccc2c1NC(=O)[C@]21[C@@H]2C(=O)N(c3ccc(OC(C)=O)cc3)C(=O)[C@@H]2[C@@H]2CCCN21. The fourth-order valence-electron chi connectivity index (χ4n) is 6.67. The average Bonchev–Trinajstić information content (AvgIpc) is 3.52. The molecule has 3 amide bonds. The molecule has 3 fully saturated rings. The number of imide groups is 1. The Morgan fingerprint density at radius 2 is 1.88 bits per heavy atom. The molecule has 0 unspecified atom stereocenters. The predicted octanol–water partition coefficient (Wildman–Crippen LogP) is 2.61. The number of hydrogen-bond acceptors (Lipinski definition) is 6. The molecular weight excluding hydrogens is 434 g/mol. The van der Waals surface area contributed by atoms with Crippen molar-refractivity contribution >= 4 is 35.1 Å². The molecule has 4 atom stereocenters. The number of esters is 1. The van der Waals surface area contributed by atoms with E-state index >= 15 is 0 Å². The number of amides is 3. The lowest BCUT2D eigenvalue weighted by Crippen LogP contribution is -2.54. The molecule has 1 N–H and O–H groups in total. The second kappa shape index (κ2) is 7.24. The van der Waals surface area contributed by atoms with Crippen molar-refractivity contribution in [3.05, 3.63) is 53.6 Å². The number of nitrogens with one attached hydrogen (secondary N) is 1. The molecule has 4 heterocycles. The molecule has 174 valence electrons. The fourth-order valence-corrected chi connectivity index (χ4v) is 6.67. The molecule has 0 radical (unpaired) electrons. The van der Waals surface area contributed by atoms with E-state index in [2.05, 4.69) is 10.2 Å². The van der Waals surface area contributed by atoms with Crippen LogP contribution in [-0.2, 0) is 31.1 Å². The van der Waals surface area contributed by atoms with E-state index in [0.717, 1.165) is 36.1 Å². The highest BCUT2D eigenvalue weighted by atomic mass is 16.5. The lowest BCUT2D eigenvalue weighted by Gasteiger charge is -2.36. The van der Waals surface area contributed by atoms with Gasteiger partial charge in [0, 0.05) is 24.2 Å². The summed E-state index contributed by atoms with van der Waals surface area (Å²) in [5.41, 5.74) is 1.86. The van der Waals surface area contributed by atoms with Gasteiger partial charge >= 0.3 is 5.97 Å². The fraction of sp³-hybridized carbons (Fsp3) is 0.385. The number of nitrogens with zero attached hydrogens (tertiary/aromatic N) is 2. The minimum atomic E-state index is -1.18. The van der Waals surface area contributed by atoms with Crippen LogP contribution in [0.1, 0.15) is 37.8 Å². The number of fused-ring (bicyclic) bond motifs is 7. The first kappa shape index (κ1) is 21.0. The maximum atomic E-state index is 14.0. The first-order valence-electron chi connectivity index (χ1n) is 11.8. The topological polar surface area (TPSA) is 96.0 Å². The number of ether oxygens (including phenoxy) is 1. The summed E-state index contributed by atoms with van der Waals surface area (Å²) < 4.78 is 5.08. The molecule has 6 rings (SSSR count). The van der Waals surface area contributed by atoms with Crippen LogP contribution >= 0.6 is 0 Å². The maximum absolute atomic E-state index is 14.0. The van der Waals surface area contributed by atoms with Crippen LogP contribution < -0.4 is 15.0 Å². The number of rotatable bonds is 3. The molecule has 8 heteroatoms. The van der Waals surface area contributed by atoms with Gasteiger partial charge in [-0.3, -0.25) is 24.1 Å². The number of benzene rings is 2. The molecule has 0 aromatic heterocycles. The highest BCUT2D eigenvalue weighted by molar-refractivity contribution is 6.26. The number of carbonyl (C=O) groups excluding carboxylic acids is 4. The Kier molecular flexibility index (Phi) is 4.48. The summed E-state index contributed by atoms with van der Waals surface area (Å²) in [6.07, 6.45) is 2.41. The number of carbonyl (C=O) groups is 4. The summed E-state index contributed by atoms with van der Waals surface area (Å²) in [5, 5.41) is 3.08. The Balaban J connectivity index is 1.47. The van der Waals surface area contributed by atoms with Gasteiger partial charge in [-0.1, -0.05) is 25.1 Å². The first-order valence-corrected chi connectivity index (χ1v) is 11.8. The quantitative estimate of drug-likeness (QED) is 0.431. The molecule has 3 saturated heterocycles. The van der Waals surface area contributed by atoms with E-state index in [0.29, 0.717) is 18.0 Å². The zero-order valence-corrected chi connectivity index (χ0v) is 19.0. The van der Waals surface area contributed by atoms with Crippen molar-refractivity contribution in [1.29, 1.82) is 0 Å². The number of para-hydroxylation sites is 1. The number of hydrogen-bond donors (Lipinski definition) is 1. The van der Waals surface area contributed by atoms with E-state index in [1.807, 2.05) is 25.1 Å². The third-order valence-electron chi connectivity index (χ3n) is 7.85. The molecule has 2 aromatic carbocycles. The van der Waals surface area contributed by atoms with Crippen LogP contribution in [-0.4, -0.2) is 41.2 Å². The van der Waals surface area contributed by atoms with Gasteiger partial charge in [0.15, 0.2) is 0 Å². The number of aryl methyl sites for hydroxylation is 1. The van der Waals surface area contributed by atoms with Gasteiger partial charge in [0.1, 0.15) is 11.3 Å². The minimum Gasteiger partial charge on any atom is -0.427 e. The Bertz CT molecular complexity index is 1260. The molecule has 0 saturated carbocycles. The molecule has 34 heavy (non-hydrogen) atoms. The summed E-state index contributed by atoms with van der Waals surface area (Å²) in [4.78, 5) is 56.1. The van der Waals surface area contributed by atoms with Crippen LogP contribution in [0.3, 0.4) is 0 Å². The van der Waals surface area contributed by atoms with Crippen LogP contribution in [0.15, 0.2) is 42.5 Å². The second-order valence-electron chi connectivity index (χ2n) is 9.42. The molecular formula is C26H25N3O5. The van der Waals surface area contributed by atoms with E-state index in [9.17, 15) is 19.2 Å². The molecule has 0 bridgehead atoms. The lowest BCUT2D eigenvalue weighted by molar-refractivity contribution is -0.135. The van der Waals surface area contributed by atoms with E-state index < -0.39 is 23.3 Å². The van der Waals surface area contributed by atoms with E-state index in [-0.39, 0.29) is 23.8 Å². The highest BCUT2D eigenvalue weighted by Crippen LogP contribution is 2.61. The maximum Gasteiger partial charge on any atom is 0.308 e. The van der Waals surface area contributed by atoms with Crippen LogP contribution in [0.2, 0.25) is 0 Å². The Morgan fingerprint density at radius 3 is 2.59 bits per heavy atom. The highest BCUT2D eigenvalue weighted by Gasteiger charge is 2.74. The van der Waals surface area contributed by atoms with E-state index in [1.54, 1.807) is 24.3 Å². The Labute approximate surface area is 196 Å². The van der Waals surface area contributed by atoms with Crippen molar-refractivity contribution in [2.45, 2.75) is 44.7 Å². The third kappa shape index (κ3) is 2.51. The first-order chi connectivity index (χ1) is 16.4. The summed E-state index contributed by atoms with van der Waals surface area (Å²) >= 11 is 0. The van der Waals surface area contributed by atoms with Gasteiger partial charge in [0.25, 0.3) is 0 Å². The van der Waals surface area contributed by atoms with Gasteiger partial charge in [-0.25, -0.2) is 4.90 Å². The summed E-state index contributed by atoms with van der Waals surface area (Å²) in [5.74, 6) is -2.30. The third-order valence-corrected chi connectivity index (χ3v) is 7.85. The zero-order valence-electron chi connectivity index (χ0n) is 19.0.